The molecule has 0 fully saturated rings. The Morgan fingerprint density at radius 1 is 1.40 bits per heavy atom. The van der Waals surface area contributed by atoms with E-state index in [-0.39, 0.29) is 6.04 Å². The Morgan fingerprint density at radius 3 is 2.80 bits per heavy atom. The van der Waals surface area contributed by atoms with E-state index in [2.05, 4.69) is 6.92 Å². The minimum absolute atomic E-state index is 0.0278. The van der Waals surface area contributed by atoms with Crippen molar-refractivity contribution in [1.82, 2.24) is 0 Å². The fourth-order valence-electron chi connectivity index (χ4n) is 1.34. The van der Waals surface area contributed by atoms with E-state index in [1.807, 2.05) is 43.0 Å². The van der Waals surface area contributed by atoms with Crippen molar-refractivity contribution in [2.45, 2.75) is 19.9 Å². The number of rotatable bonds is 6. The van der Waals surface area contributed by atoms with Crippen LogP contribution in [0.5, 0.6) is 5.75 Å². The van der Waals surface area contributed by atoms with Crippen LogP contribution in [0.25, 0.3) is 0 Å². The standard InChI is InChI=1S/C12H19NOS/c1-3-15-9-8-14-12-7-5-4-6-11(12)10(2)13/h4-7,10H,3,8-9,13H2,1-2H3. The van der Waals surface area contributed by atoms with Crippen LogP contribution in [0.3, 0.4) is 0 Å². The van der Waals surface area contributed by atoms with Crippen LogP contribution in [-0.2, 0) is 0 Å². The molecule has 84 valence electrons. The molecule has 3 heteroatoms. The number of benzene rings is 1. The van der Waals surface area contributed by atoms with Gasteiger partial charge in [-0.1, -0.05) is 25.1 Å². The maximum Gasteiger partial charge on any atom is 0.124 e. The lowest BCUT2D eigenvalue weighted by atomic mass is 10.1. The molecule has 1 rings (SSSR count). The van der Waals surface area contributed by atoms with Gasteiger partial charge >= 0.3 is 0 Å². The molecule has 0 bridgehead atoms. The van der Waals surface area contributed by atoms with Gasteiger partial charge in [0.2, 0.25) is 0 Å². The van der Waals surface area contributed by atoms with Crippen LogP contribution in [0.4, 0.5) is 0 Å². The number of para-hydroxylation sites is 1. The predicted molar refractivity (Wildman–Crippen MR) is 67.5 cm³/mol. The van der Waals surface area contributed by atoms with E-state index in [9.17, 15) is 0 Å². The van der Waals surface area contributed by atoms with Crippen LogP contribution in [-0.4, -0.2) is 18.1 Å². The third-order valence-electron chi connectivity index (χ3n) is 2.10. The summed E-state index contributed by atoms with van der Waals surface area (Å²) < 4.78 is 5.70. The second-order valence-electron chi connectivity index (χ2n) is 3.37. The molecule has 1 unspecified atom stereocenters. The topological polar surface area (TPSA) is 35.2 Å². The van der Waals surface area contributed by atoms with Crippen LogP contribution in [0.15, 0.2) is 24.3 Å². The van der Waals surface area contributed by atoms with Gasteiger partial charge in [0, 0.05) is 17.4 Å². The molecule has 1 atom stereocenters. The molecule has 0 aliphatic rings. The van der Waals surface area contributed by atoms with Gasteiger partial charge in [0.25, 0.3) is 0 Å². The quantitative estimate of drug-likeness (QED) is 0.756. The highest BCUT2D eigenvalue weighted by Crippen LogP contribution is 2.23. The first kappa shape index (κ1) is 12.4. The third kappa shape index (κ3) is 4.14. The molecule has 1 aromatic carbocycles. The van der Waals surface area contributed by atoms with Crippen molar-refractivity contribution in [3.8, 4) is 5.75 Å². The summed E-state index contributed by atoms with van der Waals surface area (Å²) in [4.78, 5) is 0. The van der Waals surface area contributed by atoms with Crippen LogP contribution < -0.4 is 10.5 Å². The Labute approximate surface area is 96.2 Å². The van der Waals surface area contributed by atoms with Gasteiger partial charge in [-0.3, -0.25) is 0 Å². The van der Waals surface area contributed by atoms with E-state index in [0.29, 0.717) is 0 Å². The fraction of sp³-hybridized carbons (Fsp3) is 0.500. The maximum absolute atomic E-state index is 5.86. The van der Waals surface area contributed by atoms with Gasteiger partial charge in [-0.25, -0.2) is 0 Å². The van der Waals surface area contributed by atoms with E-state index < -0.39 is 0 Å². The lowest BCUT2D eigenvalue weighted by molar-refractivity contribution is 0.338. The third-order valence-corrected chi connectivity index (χ3v) is 2.96. The van der Waals surface area contributed by atoms with E-state index in [1.165, 1.54) is 0 Å². The molecule has 2 N–H and O–H groups in total. The second-order valence-corrected chi connectivity index (χ2v) is 4.77. The molecule has 0 aromatic heterocycles. The minimum atomic E-state index is 0.0278. The first-order valence-corrected chi connectivity index (χ1v) is 6.46. The molecule has 0 aliphatic carbocycles. The first-order valence-electron chi connectivity index (χ1n) is 5.30. The summed E-state index contributed by atoms with van der Waals surface area (Å²) in [5.74, 6) is 3.09. The van der Waals surface area contributed by atoms with Gasteiger partial charge in [-0.15, -0.1) is 0 Å². The van der Waals surface area contributed by atoms with Crippen LogP contribution in [0.1, 0.15) is 25.5 Å². The zero-order valence-corrected chi connectivity index (χ0v) is 10.2. The normalized spacial score (nSPS) is 12.5. The minimum Gasteiger partial charge on any atom is -0.492 e. The van der Waals surface area contributed by atoms with Gasteiger partial charge < -0.3 is 10.5 Å². The van der Waals surface area contributed by atoms with Gasteiger partial charge in [0.1, 0.15) is 5.75 Å². The summed E-state index contributed by atoms with van der Waals surface area (Å²) in [6, 6.07) is 8.00. The van der Waals surface area contributed by atoms with Crippen molar-refractivity contribution < 1.29 is 4.74 Å². The predicted octanol–water partition coefficient (Wildman–Crippen LogP) is 2.84. The number of hydrogen-bond acceptors (Lipinski definition) is 3. The zero-order chi connectivity index (χ0) is 11.1. The molecular weight excluding hydrogens is 206 g/mol. The summed E-state index contributed by atoms with van der Waals surface area (Å²) in [6.45, 7) is 4.88. The number of hydrogen-bond donors (Lipinski definition) is 1. The van der Waals surface area contributed by atoms with Crippen molar-refractivity contribution in [1.29, 1.82) is 0 Å². The first-order chi connectivity index (χ1) is 7.25. The smallest absolute Gasteiger partial charge is 0.124 e. The van der Waals surface area contributed by atoms with Gasteiger partial charge in [0.05, 0.1) is 6.61 Å². The van der Waals surface area contributed by atoms with E-state index in [4.69, 9.17) is 10.5 Å². The van der Waals surface area contributed by atoms with E-state index in [0.717, 1.165) is 29.4 Å². The fourth-order valence-corrected chi connectivity index (χ4v) is 1.83. The highest BCUT2D eigenvalue weighted by molar-refractivity contribution is 7.99. The van der Waals surface area contributed by atoms with Gasteiger partial charge in [0.15, 0.2) is 0 Å². The van der Waals surface area contributed by atoms with Crippen LogP contribution in [0, 0.1) is 0 Å². The highest BCUT2D eigenvalue weighted by Gasteiger charge is 2.06. The van der Waals surface area contributed by atoms with Crippen molar-refractivity contribution in [3.05, 3.63) is 29.8 Å². The number of thioether (sulfide) groups is 1. The summed E-state index contributed by atoms with van der Waals surface area (Å²) in [6.07, 6.45) is 0. The van der Waals surface area contributed by atoms with Crippen LogP contribution >= 0.6 is 11.8 Å². The Morgan fingerprint density at radius 2 is 2.13 bits per heavy atom. The molecule has 0 amide bonds. The Bertz CT molecular complexity index is 289. The summed E-state index contributed by atoms with van der Waals surface area (Å²) >= 11 is 1.89. The number of nitrogens with two attached hydrogens (primary N) is 1. The lowest BCUT2D eigenvalue weighted by Gasteiger charge is -2.13. The lowest BCUT2D eigenvalue weighted by Crippen LogP contribution is -2.09. The average molecular weight is 225 g/mol. The van der Waals surface area contributed by atoms with E-state index in [1.54, 1.807) is 0 Å². The molecule has 0 saturated heterocycles. The molecular formula is C12H19NOS. The largest absolute Gasteiger partial charge is 0.492 e. The van der Waals surface area contributed by atoms with Gasteiger partial charge in [-0.2, -0.15) is 11.8 Å². The highest BCUT2D eigenvalue weighted by atomic mass is 32.2. The Balaban J connectivity index is 2.52. The monoisotopic (exact) mass is 225 g/mol. The SMILES string of the molecule is CCSCCOc1ccccc1C(C)N. The van der Waals surface area contributed by atoms with Crippen molar-refractivity contribution in [2.75, 3.05) is 18.1 Å². The molecule has 1 aromatic rings. The molecule has 0 saturated carbocycles. The Hall–Kier alpha value is -0.670. The average Bonchev–Trinajstić information content (AvgIpc) is 2.25. The molecule has 15 heavy (non-hydrogen) atoms. The van der Waals surface area contributed by atoms with Gasteiger partial charge in [-0.05, 0) is 18.7 Å². The van der Waals surface area contributed by atoms with Crippen molar-refractivity contribution in [2.24, 2.45) is 5.73 Å². The maximum atomic E-state index is 5.86. The molecule has 2 nitrogen and oxygen atoms in total. The molecule has 0 aliphatic heterocycles. The number of ether oxygens (including phenoxy) is 1. The van der Waals surface area contributed by atoms with Crippen molar-refractivity contribution in [3.63, 3.8) is 0 Å². The summed E-state index contributed by atoms with van der Waals surface area (Å²) in [5.41, 5.74) is 6.94. The summed E-state index contributed by atoms with van der Waals surface area (Å²) in [7, 11) is 0. The van der Waals surface area contributed by atoms with Crippen LogP contribution in [0.2, 0.25) is 0 Å². The zero-order valence-electron chi connectivity index (χ0n) is 9.40. The second kappa shape index (κ2) is 6.75. The molecule has 0 heterocycles. The van der Waals surface area contributed by atoms with Crippen molar-refractivity contribution >= 4 is 11.8 Å². The summed E-state index contributed by atoms with van der Waals surface area (Å²) in [5, 5.41) is 0. The van der Waals surface area contributed by atoms with E-state index >= 15 is 0 Å². The molecule has 0 radical (unpaired) electrons. The molecule has 0 spiro atoms. The Kier molecular flexibility index (Phi) is 5.58.